The minimum absolute atomic E-state index is 0.184. The van der Waals surface area contributed by atoms with Crippen LogP contribution in [-0.4, -0.2) is 57.3 Å². The SMILES string of the molecule is CC(C)(C)CC(O)C(O)C(O)C(O)CNC(=O)C(C)(C)C. The molecule has 0 aliphatic heterocycles. The molecular formula is C15H31NO5. The predicted molar refractivity (Wildman–Crippen MR) is 80.6 cm³/mol. The molecule has 126 valence electrons. The molecule has 0 aromatic heterocycles. The number of hydrogen-bond donors (Lipinski definition) is 5. The maximum Gasteiger partial charge on any atom is 0.225 e. The van der Waals surface area contributed by atoms with E-state index in [9.17, 15) is 25.2 Å². The highest BCUT2D eigenvalue weighted by Gasteiger charge is 2.33. The number of nitrogens with one attached hydrogen (secondary N) is 1. The van der Waals surface area contributed by atoms with E-state index < -0.39 is 29.8 Å². The maximum atomic E-state index is 11.7. The van der Waals surface area contributed by atoms with Gasteiger partial charge in [0.25, 0.3) is 0 Å². The summed E-state index contributed by atoms with van der Waals surface area (Å²) in [6, 6.07) is 0. The molecule has 0 aromatic rings. The molecule has 4 unspecified atom stereocenters. The van der Waals surface area contributed by atoms with Gasteiger partial charge in [0.2, 0.25) is 5.91 Å². The predicted octanol–water partition coefficient (Wildman–Crippen LogP) is 0.0285. The van der Waals surface area contributed by atoms with E-state index in [1.807, 2.05) is 20.8 Å². The minimum atomic E-state index is -1.53. The summed E-state index contributed by atoms with van der Waals surface area (Å²) in [5, 5.41) is 41.9. The Hall–Kier alpha value is -0.690. The number of carbonyl (C=O) groups excluding carboxylic acids is 1. The Balaban J connectivity index is 4.43. The molecule has 0 heterocycles. The Bertz CT molecular complexity index is 332. The van der Waals surface area contributed by atoms with Crippen LogP contribution in [0.5, 0.6) is 0 Å². The molecule has 0 aromatic carbocycles. The smallest absolute Gasteiger partial charge is 0.225 e. The molecule has 4 atom stereocenters. The molecule has 0 spiro atoms. The van der Waals surface area contributed by atoms with Gasteiger partial charge in [-0.1, -0.05) is 41.5 Å². The highest BCUT2D eigenvalue weighted by Crippen LogP contribution is 2.23. The van der Waals surface area contributed by atoms with Crippen molar-refractivity contribution in [2.45, 2.75) is 72.4 Å². The van der Waals surface area contributed by atoms with E-state index >= 15 is 0 Å². The van der Waals surface area contributed by atoms with Gasteiger partial charge in [0.1, 0.15) is 12.2 Å². The quantitative estimate of drug-likeness (QED) is 0.475. The van der Waals surface area contributed by atoms with Crippen LogP contribution < -0.4 is 5.32 Å². The van der Waals surface area contributed by atoms with E-state index in [0.717, 1.165) is 0 Å². The van der Waals surface area contributed by atoms with Crippen LogP contribution in [0.1, 0.15) is 48.0 Å². The van der Waals surface area contributed by atoms with E-state index in [4.69, 9.17) is 0 Å². The van der Waals surface area contributed by atoms with Crippen molar-refractivity contribution in [1.82, 2.24) is 5.32 Å². The molecule has 0 aliphatic carbocycles. The van der Waals surface area contributed by atoms with Crippen LogP contribution in [0.25, 0.3) is 0 Å². The summed E-state index contributed by atoms with van der Waals surface area (Å²) in [4.78, 5) is 11.7. The van der Waals surface area contributed by atoms with Gasteiger partial charge >= 0.3 is 0 Å². The first kappa shape index (κ1) is 20.3. The van der Waals surface area contributed by atoms with Gasteiger partial charge < -0.3 is 25.7 Å². The Kier molecular flexibility index (Phi) is 7.29. The van der Waals surface area contributed by atoms with Crippen LogP contribution in [-0.2, 0) is 4.79 Å². The standard InChI is InChI=1S/C15H31NO5/c1-14(2,3)7-9(17)11(19)12(20)10(18)8-16-13(21)15(4,5)6/h9-12,17-20H,7-8H2,1-6H3,(H,16,21). The highest BCUT2D eigenvalue weighted by atomic mass is 16.4. The van der Waals surface area contributed by atoms with E-state index in [0.29, 0.717) is 0 Å². The molecule has 21 heavy (non-hydrogen) atoms. The third-order valence-electron chi connectivity index (χ3n) is 3.11. The first-order valence-electron chi connectivity index (χ1n) is 7.26. The largest absolute Gasteiger partial charge is 0.390 e. The zero-order valence-electron chi connectivity index (χ0n) is 13.9. The van der Waals surface area contributed by atoms with Crippen molar-refractivity contribution < 1.29 is 25.2 Å². The second-order valence-corrected chi connectivity index (χ2v) is 7.84. The molecule has 0 saturated carbocycles. The number of aliphatic hydroxyl groups excluding tert-OH is 4. The van der Waals surface area contributed by atoms with Crippen LogP contribution in [0.3, 0.4) is 0 Å². The van der Waals surface area contributed by atoms with Crippen LogP contribution in [0.2, 0.25) is 0 Å². The average Bonchev–Trinajstić information content (AvgIpc) is 2.30. The van der Waals surface area contributed by atoms with E-state index in [1.54, 1.807) is 20.8 Å². The van der Waals surface area contributed by atoms with Crippen molar-refractivity contribution in [2.24, 2.45) is 10.8 Å². The van der Waals surface area contributed by atoms with Crippen LogP contribution in [0, 0.1) is 10.8 Å². The van der Waals surface area contributed by atoms with Gasteiger partial charge in [-0.05, 0) is 11.8 Å². The van der Waals surface area contributed by atoms with Gasteiger partial charge in [-0.2, -0.15) is 0 Å². The molecule has 5 N–H and O–H groups in total. The second-order valence-electron chi connectivity index (χ2n) is 7.84. The minimum Gasteiger partial charge on any atom is -0.390 e. The van der Waals surface area contributed by atoms with Crippen LogP contribution >= 0.6 is 0 Å². The van der Waals surface area contributed by atoms with Gasteiger partial charge in [0.15, 0.2) is 0 Å². The molecule has 1 amide bonds. The number of hydrogen-bond acceptors (Lipinski definition) is 5. The van der Waals surface area contributed by atoms with Crippen LogP contribution in [0.15, 0.2) is 0 Å². The van der Waals surface area contributed by atoms with Gasteiger partial charge in [-0.25, -0.2) is 0 Å². The Morgan fingerprint density at radius 1 is 0.905 bits per heavy atom. The van der Waals surface area contributed by atoms with E-state index in [-0.39, 0.29) is 24.3 Å². The molecule has 0 rings (SSSR count). The summed E-state index contributed by atoms with van der Waals surface area (Å²) in [5.41, 5.74) is -0.819. The third kappa shape index (κ3) is 7.76. The summed E-state index contributed by atoms with van der Waals surface area (Å²) >= 11 is 0. The summed E-state index contributed by atoms with van der Waals surface area (Å²) < 4.78 is 0. The topological polar surface area (TPSA) is 110 Å². The van der Waals surface area contributed by atoms with Gasteiger partial charge in [0, 0.05) is 12.0 Å². The fourth-order valence-electron chi connectivity index (χ4n) is 1.79. The number of rotatable bonds is 6. The number of aliphatic hydroxyl groups is 4. The molecule has 0 saturated heterocycles. The average molecular weight is 305 g/mol. The highest BCUT2D eigenvalue weighted by molar-refractivity contribution is 5.81. The lowest BCUT2D eigenvalue weighted by Gasteiger charge is -2.30. The zero-order valence-corrected chi connectivity index (χ0v) is 13.9. The number of amides is 1. The first-order chi connectivity index (χ1) is 9.25. The Morgan fingerprint density at radius 2 is 1.33 bits per heavy atom. The molecule has 0 fully saturated rings. The molecule has 0 radical (unpaired) electrons. The lowest BCUT2D eigenvalue weighted by molar-refractivity contribution is -0.131. The third-order valence-corrected chi connectivity index (χ3v) is 3.11. The van der Waals surface area contributed by atoms with Crippen molar-refractivity contribution in [3.8, 4) is 0 Å². The molecule has 6 nitrogen and oxygen atoms in total. The number of carbonyl (C=O) groups is 1. The van der Waals surface area contributed by atoms with Gasteiger partial charge in [-0.15, -0.1) is 0 Å². The molecule has 0 bridgehead atoms. The summed E-state index contributed by atoms with van der Waals surface area (Å²) in [5.74, 6) is -0.265. The second kappa shape index (κ2) is 7.54. The summed E-state index contributed by atoms with van der Waals surface area (Å²) in [7, 11) is 0. The lowest BCUT2D eigenvalue weighted by Crippen LogP contribution is -2.50. The molecular weight excluding hydrogens is 274 g/mol. The first-order valence-corrected chi connectivity index (χ1v) is 7.26. The Labute approximate surface area is 127 Å². The van der Waals surface area contributed by atoms with Crippen molar-refractivity contribution >= 4 is 5.91 Å². The normalized spacial score (nSPS) is 18.8. The molecule has 6 heteroatoms. The van der Waals surface area contributed by atoms with Crippen molar-refractivity contribution in [1.29, 1.82) is 0 Å². The monoisotopic (exact) mass is 305 g/mol. The molecule has 0 aliphatic rings. The van der Waals surface area contributed by atoms with E-state index in [1.165, 1.54) is 0 Å². The summed E-state index contributed by atoms with van der Waals surface area (Å²) in [6.07, 6.45) is -5.20. The van der Waals surface area contributed by atoms with Crippen LogP contribution in [0.4, 0.5) is 0 Å². The van der Waals surface area contributed by atoms with Gasteiger partial charge in [-0.3, -0.25) is 4.79 Å². The Morgan fingerprint density at radius 3 is 1.71 bits per heavy atom. The van der Waals surface area contributed by atoms with Crippen molar-refractivity contribution in [2.75, 3.05) is 6.54 Å². The zero-order chi connectivity index (χ0) is 17.0. The fraction of sp³-hybridized carbons (Fsp3) is 0.933. The van der Waals surface area contributed by atoms with Crippen molar-refractivity contribution in [3.05, 3.63) is 0 Å². The van der Waals surface area contributed by atoms with Crippen molar-refractivity contribution in [3.63, 3.8) is 0 Å². The van der Waals surface area contributed by atoms with E-state index in [2.05, 4.69) is 5.32 Å². The maximum absolute atomic E-state index is 11.7. The lowest BCUT2D eigenvalue weighted by atomic mass is 9.86. The van der Waals surface area contributed by atoms with Gasteiger partial charge in [0.05, 0.1) is 12.2 Å². The summed E-state index contributed by atoms with van der Waals surface area (Å²) in [6.45, 7) is 10.7. The fourth-order valence-corrected chi connectivity index (χ4v) is 1.79.